The van der Waals surface area contributed by atoms with E-state index in [9.17, 15) is 18.0 Å². The summed E-state index contributed by atoms with van der Waals surface area (Å²) in [6.45, 7) is 0. The van der Waals surface area contributed by atoms with Crippen LogP contribution in [0.5, 0.6) is 0 Å². The standard InChI is InChI=1S/C11H5BrF3NO/c12-8-2-1-6-3-7(5-16-9(6)4-8)10(17)11(13,14)15/h1-5H. The maximum Gasteiger partial charge on any atom is 0.454 e. The lowest BCUT2D eigenvalue weighted by Crippen LogP contribution is -2.22. The number of rotatable bonds is 1. The lowest BCUT2D eigenvalue weighted by Gasteiger charge is -2.05. The topological polar surface area (TPSA) is 30.0 Å². The van der Waals surface area contributed by atoms with Gasteiger partial charge in [0.1, 0.15) is 0 Å². The minimum absolute atomic E-state index is 0.452. The van der Waals surface area contributed by atoms with Gasteiger partial charge in [0.05, 0.1) is 5.52 Å². The van der Waals surface area contributed by atoms with Crippen molar-refractivity contribution in [2.75, 3.05) is 0 Å². The summed E-state index contributed by atoms with van der Waals surface area (Å²) in [4.78, 5) is 14.8. The third kappa shape index (κ3) is 2.46. The van der Waals surface area contributed by atoms with Crippen LogP contribution in [0.25, 0.3) is 10.9 Å². The summed E-state index contributed by atoms with van der Waals surface area (Å²) in [7, 11) is 0. The van der Waals surface area contributed by atoms with Crippen LogP contribution in [0.2, 0.25) is 0 Å². The molecule has 0 amide bonds. The highest BCUT2D eigenvalue weighted by atomic mass is 79.9. The number of benzene rings is 1. The van der Waals surface area contributed by atoms with E-state index in [1.165, 1.54) is 6.07 Å². The number of fused-ring (bicyclic) bond motifs is 1. The van der Waals surface area contributed by atoms with Gasteiger partial charge in [0.15, 0.2) is 0 Å². The first-order valence-corrected chi connectivity index (χ1v) is 5.34. The van der Waals surface area contributed by atoms with Crippen molar-refractivity contribution in [3.8, 4) is 0 Å². The van der Waals surface area contributed by atoms with Gasteiger partial charge < -0.3 is 0 Å². The number of hydrogen-bond donors (Lipinski definition) is 0. The van der Waals surface area contributed by atoms with Crippen molar-refractivity contribution in [3.05, 3.63) is 40.5 Å². The van der Waals surface area contributed by atoms with Gasteiger partial charge in [-0.1, -0.05) is 22.0 Å². The molecular formula is C11H5BrF3NO. The molecule has 0 aliphatic carbocycles. The van der Waals surface area contributed by atoms with Crippen molar-refractivity contribution < 1.29 is 18.0 Å². The molecule has 1 aromatic heterocycles. The number of carbonyl (C=O) groups excluding carboxylic acids is 1. The van der Waals surface area contributed by atoms with E-state index in [4.69, 9.17) is 0 Å². The fraction of sp³-hybridized carbons (Fsp3) is 0.0909. The van der Waals surface area contributed by atoms with E-state index in [2.05, 4.69) is 20.9 Å². The molecule has 88 valence electrons. The maximum absolute atomic E-state index is 12.2. The minimum atomic E-state index is -4.87. The molecule has 1 aromatic carbocycles. The third-order valence-corrected chi connectivity index (χ3v) is 2.66. The first kappa shape index (κ1) is 12.0. The highest BCUT2D eigenvalue weighted by Gasteiger charge is 2.39. The van der Waals surface area contributed by atoms with E-state index in [1.807, 2.05) is 0 Å². The van der Waals surface area contributed by atoms with Crippen molar-refractivity contribution in [3.63, 3.8) is 0 Å². The second-order valence-electron chi connectivity index (χ2n) is 3.39. The van der Waals surface area contributed by atoms with Crippen LogP contribution >= 0.6 is 15.9 Å². The Hall–Kier alpha value is -1.43. The number of aromatic nitrogens is 1. The predicted molar refractivity (Wildman–Crippen MR) is 59.8 cm³/mol. The molecule has 0 fully saturated rings. The van der Waals surface area contributed by atoms with Gasteiger partial charge in [0.2, 0.25) is 0 Å². The Morgan fingerprint density at radius 2 is 1.94 bits per heavy atom. The van der Waals surface area contributed by atoms with Crippen LogP contribution in [-0.2, 0) is 0 Å². The Morgan fingerprint density at radius 3 is 2.59 bits per heavy atom. The number of halogens is 4. The molecule has 2 rings (SSSR count). The summed E-state index contributed by atoms with van der Waals surface area (Å²) in [5, 5.41) is 0.489. The molecule has 6 heteroatoms. The van der Waals surface area contributed by atoms with Crippen LogP contribution in [0.1, 0.15) is 10.4 Å². The smallest absolute Gasteiger partial charge is 0.284 e. The Labute approximate surface area is 103 Å². The van der Waals surface area contributed by atoms with Crippen LogP contribution in [0.3, 0.4) is 0 Å². The van der Waals surface area contributed by atoms with Gasteiger partial charge in [-0.15, -0.1) is 0 Å². The van der Waals surface area contributed by atoms with Crippen molar-refractivity contribution >= 4 is 32.6 Å². The average Bonchev–Trinajstić information content (AvgIpc) is 2.26. The molecule has 0 atom stereocenters. The fourth-order valence-electron chi connectivity index (χ4n) is 1.38. The Bertz CT molecular complexity index is 595. The third-order valence-electron chi connectivity index (χ3n) is 2.17. The Kier molecular flexibility index (Phi) is 2.91. The summed E-state index contributed by atoms with van der Waals surface area (Å²) in [5.74, 6) is -1.88. The highest BCUT2D eigenvalue weighted by Crippen LogP contribution is 2.24. The molecule has 17 heavy (non-hydrogen) atoms. The quantitative estimate of drug-likeness (QED) is 0.751. The second kappa shape index (κ2) is 4.10. The van der Waals surface area contributed by atoms with Crippen LogP contribution in [0.15, 0.2) is 34.9 Å². The van der Waals surface area contributed by atoms with E-state index >= 15 is 0 Å². The Balaban J connectivity index is 2.52. The van der Waals surface area contributed by atoms with E-state index < -0.39 is 17.5 Å². The Morgan fingerprint density at radius 1 is 1.24 bits per heavy atom. The summed E-state index contributed by atoms with van der Waals surface area (Å²) < 4.78 is 37.4. The number of ketones is 1. The average molecular weight is 304 g/mol. The molecule has 0 aliphatic heterocycles. The zero-order chi connectivity index (χ0) is 12.6. The van der Waals surface area contributed by atoms with E-state index in [-0.39, 0.29) is 0 Å². The van der Waals surface area contributed by atoms with Crippen LogP contribution in [0.4, 0.5) is 13.2 Å². The largest absolute Gasteiger partial charge is 0.454 e. The van der Waals surface area contributed by atoms with Gasteiger partial charge in [-0.05, 0) is 18.2 Å². The summed E-state index contributed by atoms with van der Waals surface area (Å²) in [6, 6.07) is 6.12. The van der Waals surface area contributed by atoms with Crippen molar-refractivity contribution in [1.82, 2.24) is 4.98 Å². The van der Waals surface area contributed by atoms with Crippen LogP contribution < -0.4 is 0 Å². The van der Waals surface area contributed by atoms with Crippen molar-refractivity contribution in [1.29, 1.82) is 0 Å². The van der Waals surface area contributed by atoms with Crippen LogP contribution in [0, 0.1) is 0 Å². The van der Waals surface area contributed by atoms with Crippen LogP contribution in [-0.4, -0.2) is 16.9 Å². The molecule has 0 unspecified atom stereocenters. The summed E-state index contributed by atoms with van der Waals surface area (Å²) in [6.07, 6.45) is -3.94. The normalized spacial score (nSPS) is 11.8. The number of hydrogen-bond acceptors (Lipinski definition) is 2. The van der Waals surface area contributed by atoms with Gasteiger partial charge in [-0.25, -0.2) is 0 Å². The zero-order valence-electron chi connectivity index (χ0n) is 8.25. The highest BCUT2D eigenvalue weighted by molar-refractivity contribution is 9.10. The SMILES string of the molecule is O=C(c1cnc2cc(Br)ccc2c1)C(F)(F)F. The van der Waals surface area contributed by atoms with E-state index in [0.717, 1.165) is 10.7 Å². The number of pyridine rings is 1. The molecular weight excluding hydrogens is 299 g/mol. The lowest BCUT2D eigenvalue weighted by molar-refractivity contribution is -0.0885. The fourth-order valence-corrected chi connectivity index (χ4v) is 1.73. The summed E-state index contributed by atoms with van der Waals surface area (Å²) in [5.41, 5.74) is 0.0745. The molecule has 0 aliphatic rings. The van der Waals surface area contributed by atoms with Crippen molar-refractivity contribution in [2.24, 2.45) is 0 Å². The monoisotopic (exact) mass is 303 g/mol. The predicted octanol–water partition coefficient (Wildman–Crippen LogP) is 3.74. The molecule has 0 saturated heterocycles. The molecule has 1 heterocycles. The van der Waals surface area contributed by atoms with Gasteiger partial charge in [-0.3, -0.25) is 9.78 Å². The molecule has 0 N–H and O–H groups in total. The van der Waals surface area contributed by atoms with Gasteiger partial charge in [0.25, 0.3) is 5.78 Å². The number of carbonyl (C=O) groups is 1. The zero-order valence-corrected chi connectivity index (χ0v) is 9.84. The number of Topliss-reactive ketones (excluding diaryl/α,β-unsaturated/α-hetero) is 1. The number of nitrogens with zero attached hydrogens (tertiary/aromatic N) is 1. The summed E-state index contributed by atoms with van der Waals surface area (Å²) >= 11 is 3.22. The molecule has 0 saturated carbocycles. The lowest BCUT2D eigenvalue weighted by atomic mass is 10.1. The van der Waals surface area contributed by atoms with E-state index in [1.54, 1.807) is 18.2 Å². The first-order valence-electron chi connectivity index (χ1n) is 4.55. The minimum Gasteiger partial charge on any atom is -0.284 e. The molecule has 2 nitrogen and oxygen atoms in total. The van der Waals surface area contributed by atoms with Gasteiger partial charge in [0, 0.05) is 21.6 Å². The maximum atomic E-state index is 12.2. The van der Waals surface area contributed by atoms with Gasteiger partial charge >= 0.3 is 6.18 Å². The molecule has 0 spiro atoms. The molecule has 2 aromatic rings. The van der Waals surface area contributed by atoms with Crippen molar-refractivity contribution in [2.45, 2.75) is 6.18 Å². The molecule has 0 bridgehead atoms. The van der Waals surface area contributed by atoms with E-state index in [0.29, 0.717) is 10.9 Å². The van der Waals surface area contributed by atoms with Gasteiger partial charge in [-0.2, -0.15) is 13.2 Å². The number of alkyl halides is 3. The molecule has 0 radical (unpaired) electrons. The second-order valence-corrected chi connectivity index (χ2v) is 4.30. The first-order chi connectivity index (χ1) is 7.88.